The summed E-state index contributed by atoms with van der Waals surface area (Å²) in [6.45, 7) is 4.47. The SMILES string of the molecule is CC1(C)OC[C@@H](C[C@@H]([C@@H]2CNC2=O)N2C(=O)c3ccccc3C2=O)O1. The predicted molar refractivity (Wildman–Crippen MR) is 86.8 cm³/mol. The summed E-state index contributed by atoms with van der Waals surface area (Å²) in [6, 6.07) is 6.21. The number of β-lactam (4-membered cyclic amide) rings is 1. The van der Waals surface area contributed by atoms with E-state index in [1.165, 1.54) is 4.90 Å². The van der Waals surface area contributed by atoms with Crippen molar-refractivity contribution < 1.29 is 23.9 Å². The summed E-state index contributed by atoms with van der Waals surface area (Å²) in [5, 5.41) is 2.69. The van der Waals surface area contributed by atoms with Crippen LogP contribution in [0.25, 0.3) is 0 Å². The van der Waals surface area contributed by atoms with E-state index in [-0.39, 0.29) is 23.8 Å². The Hall–Kier alpha value is -2.25. The van der Waals surface area contributed by atoms with Gasteiger partial charge in [-0.2, -0.15) is 0 Å². The Morgan fingerprint density at radius 2 is 1.84 bits per heavy atom. The summed E-state index contributed by atoms with van der Waals surface area (Å²) in [5.74, 6) is -1.93. The Kier molecular flexibility index (Phi) is 3.66. The largest absolute Gasteiger partial charge is 0.355 e. The van der Waals surface area contributed by atoms with E-state index in [1.54, 1.807) is 24.3 Å². The zero-order valence-corrected chi connectivity index (χ0v) is 14.2. The highest BCUT2D eigenvalue weighted by atomic mass is 16.7. The van der Waals surface area contributed by atoms with Gasteiger partial charge in [-0.15, -0.1) is 0 Å². The minimum atomic E-state index is -0.695. The average molecular weight is 344 g/mol. The van der Waals surface area contributed by atoms with Crippen LogP contribution in [0.5, 0.6) is 0 Å². The topological polar surface area (TPSA) is 84.9 Å². The smallest absolute Gasteiger partial charge is 0.261 e. The highest BCUT2D eigenvalue weighted by Crippen LogP contribution is 2.33. The number of rotatable bonds is 4. The second kappa shape index (κ2) is 5.64. The lowest BCUT2D eigenvalue weighted by molar-refractivity contribution is -0.142. The molecule has 0 radical (unpaired) electrons. The molecule has 0 aliphatic carbocycles. The molecule has 7 nitrogen and oxygen atoms in total. The second-order valence-corrected chi connectivity index (χ2v) is 7.13. The third kappa shape index (κ3) is 2.63. The van der Waals surface area contributed by atoms with Gasteiger partial charge in [0, 0.05) is 6.54 Å². The molecule has 3 heterocycles. The van der Waals surface area contributed by atoms with E-state index in [0.717, 1.165) is 0 Å². The van der Waals surface area contributed by atoms with Gasteiger partial charge < -0.3 is 14.8 Å². The fourth-order valence-corrected chi connectivity index (χ4v) is 3.72. The van der Waals surface area contributed by atoms with Gasteiger partial charge in [-0.25, -0.2) is 0 Å². The summed E-state index contributed by atoms with van der Waals surface area (Å²) < 4.78 is 11.4. The summed E-state index contributed by atoms with van der Waals surface area (Å²) in [5.41, 5.74) is 0.780. The normalized spacial score (nSPS) is 28.6. The number of amides is 3. The molecule has 3 aliphatic heterocycles. The van der Waals surface area contributed by atoms with Crippen molar-refractivity contribution in [2.45, 2.75) is 38.2 Å². The van der Waals surface area contributed by atoms with E-state index in [4.69, 9.17) is 9.47 Å². The number of ether oxygens (including phenoxy) is 2. The fraction of sp³-hybridized carbons (Fsp3) is 0.500. The molecule has 0 saturated carbocycles. The lowest BCUT2D eigenvalue weighted by Crippen LogP contribution is -2.60. The standard InChI is InChI=1S/C18H20N2O5/c1-18(2)24-9-10(25-18)7-14(13-8-19-15(13)21)20-16(22)11-5-3-4-6-12(11)17(20)23/h3-6,10,13-14H,7-9H2,1-2H3,(H,19,21)/t10-,13+,14+/m1/s1. The van der Waals surface area contributed by atoms with Crippen LogP contribution < -0.4 is 5.32 Å². The maximum Gasteiger partial charge on any atom is 0.261 e. The molecule has 3 atom stereocenters. The van der Waals surface area contributed by atoms with Gasteiger partial charge in [0.25, 0.3) is 11.8 Å². The summed E-state index contributed by atoms with van der Waals surface area (Å²) in [4.78, 5) is 38.8. The van der Waals surface area contributed by atoms with Gasteiger partial charge in [0.05, 0.1) is 35.8 Å². The third-order valence-corrected chi connectivity index (χ3v) is 5.03. The molecule has 132 valence electrons. The zero-order chi connectivity index (χ0) is 17.8. The van der Waals surface area contributed by atoms with Crippen molar-refractivity contribution in [1.82, 2.24) is 10.2 Å². The van der Waals surface area contributed by atoms with Crippen LogP contribution in [0, 0.1) is 5.92 Å². The van der Waals surface area contributed by atoms with Crippen molar-refractivity contribution in [3.8, 4) is 0 Å². The lowest BCUT2D eigenvalue weighted by atomic mass is 9.87. The Balaban J connectivity index is 1.62. The maximum absolute atomic E-state index is 12.8. The van der Waals surface area contributed by atoms with Crippen LogP contribution in [0.4, 0.5) is 0 Å². The molecule has 0 bridgehead atoms. The van der Waals surface area contributed by atoms with Crippen LogP contribution >= 0.6 is 0 Å². The molecule has 25 heavy (non-hydrogen) atoms. The molecule has 0 aromatic heterocycles. The number of benzene rings is 1. The molecule has 2 saturated heterocycles. The van der Waals surface area contributed by atoms with Gasteiger partial charge in [-0.3, -0.25) is 19.3 Å². The minimum absolute atomic E-state index is 0.139. The Morgan fingerprint density at radius 1 is 1.20 bits per heavy atom. The fourth-order valence-electron chi connectivity index (χ4n) is 3.72. The van der Waals surface area contributed by atoms with E-state index >= 15 is 0 Å². The van der Waals surface area contributed by atoms with Gasteiger partial charge in [0.1, 0.15) is 0 Å². The second-order valence-electron chi connectivity index (χ2n) is 7.13. The van der Waals surface area contributed by atoms with E-state index in [9.17, 15) is 14.4 Å². The van der Waals surface area contributed by atoms with Crippen LogP contribution in [0.3, 0.4) is 0 Å². The van der Waals surface area contributed by atoms with E-state index < -0.39 is 17.7 Å². The van der Waals surface area contributed by atoms with Crippen molar-refractivity contribution in [3.63, 3.8) is 0 Å². The summed E-state index contributed by atoms with van der Waals surface area (Å²) >= 11 is 0. The lowest BCUT2D eigenvalue weighted by Gasteiger charge is -2.38. The van der Waals surface area contributed by atoms with Crippen LogP contribution in [0.2, 0.25) is 0 Å². The number of hydrogen-bond acceptors (Lipinski definition) is 5. The third-order valence-electron chi connectivity index (χ3n) is 5.03. The zero-order valence-electron chi connectivity index (χ0n) is 14.2. The molecule has 3 amide bonds. The van der Waals surface area contributed by atoms with Crippen LogP contribution in [0.15, 0.2) is 24.3 Å². The molecule has 1 N–H and O–H groups in total. The Morgan fingerprint density at radius 3 is 2.28 bits per heavy atom. The highest BCUT2D eigenvalue weighted by Gasteiger charge is 2.49. The van der Waals surface area contributed by atoms with E-state index in [1.807, 2.05) is 13.8 Å². The van der Waals surface area contributed by atoms with Gasteiger partial charge in [-0.05, 0) is 32.4 Å². The number of hydrogen-bond donors (Lipinski definition) is 1. The van der Waals surface area contributed by atoms with Crippen LogP contribution in [0.1, 0.15) is 41.0 Å². The number of fused-ring (bicyclic) bond motifs is 1. The Labute approximate surface area is 145 Å². The molecular formula is C18H20N2O5. The monoisotopic (exact) mass is 344 g/mol. The minimum Gasteiger partial charge on any atom is -0.355 e. The van der Waals surface area contributed by atoms with Gasteiger partial charge in [0.2, 0.25) is 5.91 Å². The first-order chi connectivity index (χ1) is 11.9. The number of carbonyl (C=O) groups excluding carboxylic acids is 3. The molecule has 1 aromatic rings. The molecule has 3 aliphatic rings. The first-order valence-corrected chi connectivity index (χ1v) is 8.44. The van der Waals surface area contributed by atoms with Crippen molar-refractivity contribution in [3.05, 3.63) is 35.4 Å². The molecule has 4 rings (SSSR count). The molecular weight excluding hydrogens is 324 g/mol. The van der Waals surface area contributed by atoms with Crippen molar-refractivity contribution in [2.24, 2.45) is 5.92 Å². The van der Waals surface area contributed by atoms with Crippen molar-refractivity contribution in [1.29, 1.82) is 0 Å². The first-order valence-electron chi connectivity index (χ1n) is 8.44. The van der Waals surface area contributed by atoms with Gasteiger partial charge in [-0.1, -0.05) is 12.1 Å². The van der Waals surface area contributed by atoms with E-state index in [2.05, 4.69) is 5.32 Å². The number of nitrogens with one attached hydrogen (secondary N) is 1. The molecule has 1 aromatic carbocycles. The highest BCUT2D eigenvalue weighted by molar-refractivity contribution is 6.21. The first kappa shape index (κ1) is 16.2. The average Bonchev–Trinajstić information content (AvgIpc) is 3.03. The van der Waals surface area contributed by atoms with Crippen LogP contribution in [-0.2, 0) is 14.3 Å². The van der Waals surface area contributed by atoms with Crippen molar-refractivity contribution >= 4 is 17.7 Å². The Bertz CT molecular complexity index is 725. The number of imide groups is 1. The maximum atomic E-state index is 12.8. The van der Waals surface area contributed by atoms with Crippen LogP contribution in [-0.4, -0.2) is 53.7 Å². The number of nitrogens with zero attached hydrogens (tertiary/aromatic N) is 1. The predicted octanol–water partition coefficient (Wildman–Crippen LogP) is 0.939. The van der Waals surface area contributed by atoms with Gasteiger partial charge in [0.15, 0.2) is 5.79 Å². The quantitative estimate of drug-likeness (QED) is 0.649. The van der Waals surface area contributed by atoms with Crippen molar-refractivity contribution in [2.75, 3.05) is 13.2 Å². The summed E-state index contributed by atoms with van der Waals surface area (Å²) in [6.07, 6.45) is 0.116. The molecule has 7 heteroatoms. The molecule has 2 fully saturated rings. The van der Waals surface area contributed by atoms with E-state index in [0.29, 0.717) is 30.7 Å². The number of carbonyl (C=O) groups is 3. The van der Waals surface area contributed by atoms with Gasteiger partial charge >= 0.3 is 0 Å². The summed E-state index contributed by atoms with van der Waals surface area (Å²) in [7, 11) is 0. The molecule has 0 unspecified atom stereocenters. The molecule has 0 spiro atoms.